The van der Waals surface area contributed by atoms with Crippen molar-refractivity contribution in [3.8, 4) is 23.1 Å². The summed E-state index contributed by atoms with van der Waals surface area (Å²) in [5.74, 6) is 0.519. The van der Waals surface area contributed by atoms with Gasteiger partial charge < -0.3 is 33.7 Å². The van der Waals surface area contributed by atoms with Gasteiger partial charge in [-0.05, 0) is 35.4 Å². The normalized spacial score (nSPS) is 12.2. The molecule has 0 saturated heterocycles. The number of nitrogens with zero attached hydrogens (tertiary/aromatic N) is 2. The van der Waals surface area contributed by atoms with Crippen LogP contribution < -0.4 is 18.9 Å². The summed E-state index contributed by atoms with van der Waals surface area (Å²) in [7, 11) is 3.06. The van der Waals surface area contributed by atoms with Gasteiger partial charge in [0.25, 0.3) is 5.88 Å². The Morgan fingerprint density at radius 1 is 0.950 bits per heavy atom. The molecule has 0 radical (unpaired) electrons. The molecule has 1 aromatic carbocycles. The van der Waals surface area contributed by atoms with Crippen LogP contribution in [0.4, 0.5) is 0 Å². The zero-order valence-corrected chi connectivity index (χ0v) is 23.1. The minimum Gasteiger partial charge on any atom is -0.493 e. The molecule has 40 heavy (non-hydrogen) atoms. The Kier molecular flexibility index (Phi) is 9.54. The SMILES string of the molecule is COc1cc2c(cc1OCCCOc1nc3sc(C(=O)CCC(=O)O)cc3cc1OC)CN(C(=O)CCC=O)C2. The van der Waals surface area contributed by atoms with E-state index in [0.29, 0.717) is 58.5 Å². The first-order valence-corrected chi connectivity index (χ1v) is 13.5. The number of Topliss-reactive ketones (excluding diaryl/α,β-unsaturated/α-hetero) is 1. The minimum atomic E-state index is -1.02. The van der Waals surface area contributed by atoms with Gasteiger partial charge in [-0.1, -0.05) is 0 Å². The van der Waals surface area contributed by atoms with Crippen molar-refractivity contribution < 1.29 is 43.2 Å². The number of aliphatic carboxylic acids is 1. The fourth-order valence-electron chi connectivity index (χ4n) is 4.27. The van der Waals surface area contributed by atoms with Gasteiger partial charge in [-0.25, -0.2) is 0 Å². The molecule has 212 valence electrons. The van der Waals surface area contributed by atoms with E-state index in [1.807, 2.05) is 12.1 Å². The van der Waals surface area contributed by atoms with Crippen molar-refractivity contribution in [1.82, 2.24) is 9.88 Å². The van der Waals surface area contributed by atoms with Gasteiger partial charge >= 0.3 is 5.97 Å². The third kappa shape index (κ3) is 6.87. The predicted octanol–water partition coefficient (Wildman–Crippen LogP) is 4.03. The van der Waals surface area contributed by atoms with E-state index in [4.69, 9.17) is 24.1 Å². The smallest absolute Gasteiger partial charge is 0.303 e. The van der Waals surface area contributed by atoms with Crippen molar-refractivity contribution in [3.05, 3.63) is 40.3 Å². The van der Waals surface area contributed by atoms with Gasteiger partial charge in [0.15, 0.2) is 23.0 Å². The third-order valence-electron chi connectivity index (χ3n) is 6.32. The summed E-state index contributed by atoms with van der Waals surface area (Å²) in [4.78, 5) is 53.2. The van der Waals surface area contributed by atoms with Gasteiger partial charge in [-0.3, -0.25) is 14.4 Å². The molecule has 0 saturated carbocycles. The number of carbonyl (C=O) groups is 4. The number of rotatable bonds is 15. The third-order valence-corrected chi connectivity index (χ3v) is 7.41. The van der Waals surface area contributed by atoms with E-state index in [-0.39, 0.29) is 49.9 Å². The number of hydrogen-bond donors (Lipinski definition) is 1. The highest BCUT2D eigenvalue weighted by molar-refractivity contribution is 7.20. The number of carboxylic acid groups (broad SMARTS) is 1. The molecule has 3 aromatic rings. The molecule has 0 aliphatic carbocycles. The highest BCUT2D eigenvalue weighted by Gasteiger charge is 2.25. The van der Waals surface area contributed by atoms with E-state index in [1.54, 1.807) is 24.1 Å². The Morgan fingerprint density at radius 3 is 2.33 bits per heavy atom. The number of ether oxygens (including phenoxy) is 4. The highest BCUT2D eigenvalue weighted by Crippen LogP contribution is 2.36. The maximum absolute atomic E-state index is 12.3. The molecule has 1 aliphatic heterocycles. The Morgan fingerprint density at radius 2 is 1.65 bits per heavy atom. The summed E-state index contributed by atoms with van der Waals surface area (Å²) in [6, 6.07) is 7.18. The molecule has 1 N–H and O–H groups in total. The van der Waals surface area contributed by atoms with E-state index < -0.39 is 5.97 Å². The number of ketones is 1. The van der Waals surface area contributed by atoms with Gasteiger partial charge in [0, 0.05) is 44.2 Å². The Hall–Kier alpha value is -4.19. The minimum absolute atomic E-state index is 0.0623. The predicted molar refractivity (Wildman–Crippen MR) is 146 cm³/mol. The molecule has 11 nitrogen and oxygen atoms in total. The molecule has 2 aromatic heterocycles. The first-order chi connectivity index (χ1) is 19.3. The topological polar surface area (TPSA) is 142 Å². The van der Waals surface area contributed by atoms with Gasteiger partial charge in [0.1, 0.15) is 11.1 Å². The van der Waals surface area contributed by atoms with E-state index >= 15 is 0 Å². The van der Waals surface area contributed by atoms with Crippen LogP contribution in [0.2, 0.25) is 0 Å². The van der Waals surface area contributed by atoms with Crippen LogP contribution in [0.25, 0.3) is 10.2 Å². The molecule has 0 spiro atoms. The number of benzene rings is 1. The second-order valence-electron chi connectivity index (χ2n) is 9.10. The average molecular weight is 571 g/mol. The number of aldehydes is 1. The van der Waals surface area contributed by atoms with Crippen LogP contribution in [0.3, 0.4) is 0 Å². The van der Waals surface area contributed by atoms with Crippen molar-refractivity contribution in [2.24, 2.45) is 0 Å². The van der Waals surface area contributed by atoms with Crippen molar-refractivity contribution in [2.75, 3.05) is 27.4 Å². The van der Waals surface area contributed by atoms with Crippen molar-refractivity contribution in [2.45, 2.75) is 45.2 Å². The second-order valence-corrected chi connectivity index (χ2v) is 10.1. The van der Waals surface area contributed by atoms with E-state index in [0.717, 1.165) is 17.4 Å². The maximum atomic E-state index is 12.3. The molecule has 0 bridgehead atoms. The van der Waals surface area contributed by atoms with Gasteiger partial charge in [0.05, 0.1) is 38.7 Å². The van der Waals surface area contributed by atoms with Crippen LogP contribution >= 0.6 is 11.3 Å². The number of carbonyl (C=O) groups excluding carboxylic acids is 3. The van der Waals surface area contributed by atoms with Crippen molar-refractivity contribution in [1.29, 1.82) is 0 Å². The number of methoxy groups -OCH3 is 2. The molecular weight excluding hydrogens is 540 g/mol. The highest BCUT2D eigenvalue weighted by atomic mass is 32.1. The van der Waals surface area contributed by atoms with Crippen LogP contribution in [0.15, 0.2) is 24.3 Å². The zero-order valence-electron chi connectivity index (χ0n) is 22.3. The summed E-state index contributed by atoms with van der Waals surface area (Å²) in [5.41, 5.74) is 1.96. The van der Waals surface area contributed by atoms with Crippen LogP contribution in [0.1, 0.15) is 52.9 Å². The summed E-state index contributed by atoms with van der Waals surface area (Å²) in [5, 5.41) is 9.53. The standard InChI is InChI=1S/C28H30N2O9S/c1-36-21-12-18-15-30(25(33)5-3-8-31)16-19(18)13-22(21)38-9-4-10-39-27-23(37-2)11-17-14-24(40-28(17)29-27)20(32)6-7-26(34)35/h8,11-14H,3-7,9-10,15-16H2,1-2H3,(H,34,35). The molecule has 1 amide bonds. The zero-order chi connectivity index (χ0) is 28.6. The fourth-order valence-corrected chi connectivity index (χ4v) is 5.25. The monoisotopic (exact) mass is 570 g/mol. The van der Waals surface area contributed by atoms with Crippen LogP contribution in [0, 0.1) is 0 Å². The first kappa shape index (κ1) is 28.8. The number of fused-ring (bicyclic) bond motifs is 2. The summed E-state index contributed by atoms with van der Waals surface area (Å²) < 4.78 is 22.7. The molecule has 0 atom stereocenters. The summed E-state index contributed by atoms with van der Waals surface area (Å²) in [6.45, 7) is 1.55. The van der Waals surface area contributed by atoms with Crippen LogP contribution in [0.5, 0.6) is 23.1 Å². The molecule has 0 fully saturated rings. The van der Waals surface area contributed by atoms with E-state index in [2.05, 4.69) is 4.98 Å². The lowest BCUT2D eigenvalue weighted by Crippen LogP contribution is -2.24. The number of hydrogen-bond acceptors (Lipinski definition) is 10. The fraction of sp³-hybridized carbons (Fsp3) is 0.393. The number of aromatic nitrogens is 1. The first-order valence-electron chi connectivity index (χ1n) is 12.7. The Bertz CT molecular complexity index is 1420. The van der Waals surface area contributed by atoms with Gasteiger partial charge in [-0.2, -0.15) is 4.98 Å². The lowest BCUT2D eigenvalue weighted by Gasteiger charge is -2.14. The molecular formula is C28H30N2O9S. The van der Waals surface area contributed by atoms with Crippen molar-refractivity contribution >= 4 is 45.5 Å². The quantitative estimate of drug-likeness (QED) is 0.162. The van der Waals surface area contributed by atoms with Crippen LogP contribution in [-0.4, -0.2) is 66.4 Å². The largest absolute Gasteiger partial charge is 0.493 e. The number of amides is 1. The second kappa shape index (κ2) is 13.2. The molecule has 0 unspecified atom stereocenters. The lowest BCUT2D eigenvalue weighted by atomic mass is 10.1. The van der Waals surface area contributed by atoms with E-state index in [1.165, 1.54) is 18.4 Å². The van der Waals surface area contributed by atoms with Gasteiger partial charge in [0.2, 0.25) is 5.91 Å². The molecule has 12 heteroatoms. The molecule has 4 rings (SSSR count). The number of thiophene rings is 1. The average Bonchev–Trinajstić information content (AvgIpc) is 3.56. The Balaban J connectivity index is 1.33. The van der Waals surface area contributed by atoms with Gasteiger partial charge in [-0.15, -0.1) is 11.3 Å². The lowest BCUT2D eigenvalue weighted by molar-refractivity contribution is -0.137. The number of carboxylic acids is 1. The van der Waals surface area contributed by atoms with Crippen LogP contribution in [-0.2, 0) is 27.5 Å². The Labute approximate surface area is 234 Å². The summed E-state index contributed by atoms with van der Waals surface area (Å²) >= 11 is 1.18. The summed E-state index contributed by atoms with van der Waals surface area (Å²) in [6.07, 6.45) is 1.39. The number of pyridine rings is 1. The maximum Gasteiger partial charge on any atom is 0.303 e. The van der Waals surface area contributed by atoms with Crippen molar-refractivity contribution in [3.63, 3.8) is 0 Å². The molecule has 3 heterocycles. The molecule has 1 aliphatic rings. The van der Waals surface area contributed by atoms with E-state index in [9.17, 15) is 19.2 Å².